The first kappa shape index (κ1) is 11.9. The normalized spacial score (nSPS) is 12.0. The number of aryl methyl sites for hydroxylation is 1. The molecule has 0 amide bonds. The van der Waals surface area contributed by atoms with Crippen LogP contribution >= 0.6 is 11.6 Å². The standard InChI is InChI=1S/C11H13ClO3/c1-7-5-4-6-9(10(7)12)15-8(2)11(13)14-3/h4-6,8H,1-3H3/t8-/m1/s1. The molecular weight excluding hydrogens is 216 g/mol. The fourth-order valence-corrected chi connectivity index (χ4v) is 1.29. The zero-order chi connectivity index (χ0) is 11.4. The number of esters is 1. The number of benzene rings is 1. The van der Waals surface area contributed by atoms with E-state index >= 15 is 0 Å². The molecule has 0 radical (unpaired) electrons. The molecule has 1 aromatic carbocycles. The van der Waals surface area contributed by atoms with Crippen LogP contribution in [0.2, 0.25) is 5.02 Å². The molecule has 0 aliphatic heterocycles. The van der Waals surface area contributed by atoms with Crippen LogP contribution in [-0.2, 0) is 9.53 Å². The van der Waals surface area contributed by atoms with E-state index in [0.29, 0.717) is 10.8 Å². The summed E-state index contributed by atoms with van der Waals surface area (Å²) in [6.07, 6.45) is -0.658. The Hall–Kier alpha value is -1.22. The van der Waals surface area contributed by atoms with Gasteiger partial charge in [0, 0.05) is 0 Å². The maximum atomic E-state index is 11.1. The molecule has 82 valence electrons. The van der Waals surface area contributed by atoms with Crippen LogP contribution in [0.1, 0.15) is 12.5 Å². The van der Waals surface area contributed by atoms with E-state index in [2.05, 4.69) is 4.74 Å². The molecule has 0 spiro atoms. The molecule has 15 heavy (non-hydrogen) atoms. The second-order valence-corrected chi connectivity index (χ2v) is 3.55. The van der Waals surface area contributed by atoms with Crippen molar-refractivity contribution in [3.8, 4) is 5.75 Å². The van der Waals surface area contributed by atoms with Gasteiger partial charge >= 0.3 is 5.97 Å². The summed E-state index contributed by atoms with van der Waals surface area (Å²) in [5.74, 6) is 0.0714. The van der Waals surface area contributed by atoms with Crippen LogP contribution in [0.15, 0.2) is 18.2 Å². The molecule has 0 heterocycles. The fraction of sp³-hybridized carbons (Fsp3) is 0.364. The predicted molar refractivity (Wildman–Crippen MR) is 58.3 cm³/mol. The summed E-state index contributed by atoms with van der Waals surface area (Å²) >= 11 is 6.01. The molecule has 1 rings (SSSR count). The number of carbonyl (C=O) groups excluding carboxylic acids is 1. The molecule has 0 bridgehead atoms. The number of halogens is 1. The van der Waals surface area contributed by atoms with E-state index in [0.717, 1.165) is 5.56 Å². The van der Waals surface area contributed by atoms with E-state index in [9.17, 15) is 4.79 Å². The molecule has 0 saturated carbocycles. The van der Waals surface area contributed by atoms with Crippen molar-refractivity contribution in [1.82, 2.24) is 0 Å². The van der Waals surface area contributed by atoms with Gasteiger partial charge in [-0.2, -0.15) is 0 Å². The summed E-state index contributed by atoms with van der Waals surface area (Å²) in [6, 6.07) is 5.41. The third kappa shape index (κ3) is 2.86. The fourth-order valence-electron chi connectivity index (χ4n) is 1.12. The summed E-state index contributed by atoms with van der Waals surface area (Å²) < 4.78 is 9.92. The van der Waals surface area contributed by atoms with Gasteiger partial charge in [-0.25, -0.2) is 4.79 Å². The Bertz CT molecular complexity index is 363. The van der Waals surface area contributed by atoms with E-state index in [1.807, 2.05) is 19.1 Å². The average Bonchev–Trinajstić information content (AvgIpc) is 2.23. The van der Waals surface area contributed by atoms with Gasteiger partial charge in [-0.05, 0) is 25.5 Å². The minimum Gasteiger partial charge on any atom is -0.477 e. The zero-order valence-electron chi connectivity index (χ0n) is 8.91. The van der Waals surface area contributed by atoms with Crippen LogP contribution in [0, 0.1) is 6.92 Å². The van der Waals surface area contributed by atoms with E-state index in [1.165, 1.54) is 7.11 Å². The predicted octanol–water partition coefficient (Wildman–Crippen LogP) is 2.59. The molecule has 1 aromatic rings. The summed E-state index contributed by atoms with van der Waals surface area (Å²) in [7, 11) is 1.32. The van der Waals surface area contributed by atoms with Crippen molar-refractivity contribution in [2.75, 3.05) is 7.11 Å². The first-order chi connectivity index (χ1) is 7.06. The zero-order valence-corrected chi connectivity index (χ0v) is 9.67. The van der Waals surface area contributed by atoms with Crippen LogP contribution in [0.25, 0.3) is 0 Å². The van der Waals surface area contributed by atoms with Gasteiger partial charge in [0.25, 0.3) is 0 Å². The molecule has 0 unspecified atom stereocenters. The number of hydrogen-bond acceptors (Lipinski definition) is 3. The van der Waals surface area contributed by atoms with Gasteiger partial charge in [0.05, 0.1) is 12.1 Å². The van der Waals surface area contributed by atoms with Gasteiger partial charge in [0.15, 0.2) is 6.10 Å². The lowest BCUT2D eigenvalue weighted by Gasteiger charge is -2.14. The molecule has 0 saturated heterocycles. The smallest absolute Gasteiger partial charge is 0.346 e. The lowest BCUT2D eigenvalue weighted by Crippen LogP contribution is -2.25. The van der Waals surface area contributed by atoms with Gasteiger partial charge in [-0.1, -0.05) is 23.7 Å². The first-order valence-corrected chi connectivity index (χ1v) is 4.93. The quantitative estimate of drug-likeness (QED) is 0.746. The van der Waals surface area contributed by atoms with Crippen LogP contribution < -0.4 is 4.74 Å². The highest BCUT2D eigenvalue weighted by molar-refractivity contribution is 6.32. The van der Waals surface area contributed by atoms with Gasteiger partial charge < -0.3 is 9.47 Å². The lowest BCUT2D eigenvalue weighted by molar-refractivity contribution is -0.147. The van der Waals surface area contributed by atoms with Crippen molar-refractivity contribution in [1.29, 1.82) is 0 Å². The Kier molecular flexibility index (Phi) is 3.97. The molecule has 1 atom stereocenters. The Morgan fingerprint density at radius 2 is 2.13 bits per heavy atom. The minimum absolute atomic E-state index is 0.424. The number of hydrogen-bond donors (Lipinski definition) is 0. The van der Waals surface area contributed by atoms with Crippen LogP contribution in [-0.4, -0.2) is 19.2 Å². The molecule has 0 aromatic heterocycles. The van der Waals surface area contributed by atoms with Crippen molar-refractivity contribution in [3.63, 3.8) is 0 Å². The SMILES string of the molecule is COC(=O)[C@@H](C)Oc1cccc(C)c1Cl. The number of ether oxygens (including phenoxy) is 2. The van der Waals surface area contributed by atoms with Gasteiger partial charge in [-0.3, -0.25) is 0 Å². The molecule has 0 fully saturated rings. The molecule has 0 N–H and O–H groups in total. The highest BCUT2D eigenvalue weighted by Crippen LogP contribution is 2.28. The van der Waals surface area contributed by atoms with E-state index < -0.39 is 12.1 Å². The largest absolute Gasteiger partial charge is 0.477 e. The minimum atomic E-state index is -0.658. The van der Waals surface area contributed by atoms with Crippen molar-refractivity contribution < 1.29 is 14.3 Å². The molecule has 3 nitrogen and oxygen atoms in total. The van der Waals surface area contributed by atoms with Crippen LogP contribution in [0.4, 0.5) is 0 Å². The molecule has 0 aliphatic rings. The van der Waals surface area contributed by atoms with Crippen molar-refractivity contribution in [2.45, 2.75) is 20.0 Å². The van der Waals surface area contributed by atoms with E-state index in [-0.39, 0.29) is 0 Å². The topological polar surface area (TPSA) is 35.5 Å². The van der Waals surface area contributed by atoms with E-state index in [4.69, 9.17) is 16.3 Å². The van der Waals surface area contributed by atoms with E-state index in [1.54, 1.807) is 13.0 Å². The maximum absolute atomic E-state index is 11.1. The van der Waals surface area contributed by atoms with Crippen molar-refractivity contribution >= 4 is 17.6 Å². The molecular formula is C11H13ClO3. The van der Waals surface area contributed by atoms with Gasteiger partial charge in [0.1, 0.15) is 5.75 Å². The Balaban J connectivity index is 2.81. The Morgan fingerprint density at radius 3 is 2.73 bits per heavy atom. The van der Waals surface area contributed by atoms with Crippen LogP contribution in [0.5, 0.6) is 5.75 Å². The van der Waals surface area contributed by atoms with Gasteiger partial charge in [-0.15, -0.1) is 0 Å². The first-order valence-electron chi connectivity index (χ1n) is 4.56. The Labute approximate surface area is 93.9 Å². The molecule has 0 aliphatic carbocycles. The summed E-state index contributed by atoms with van der Waals surface area (Å²) in [5, 5.41) is 0.522. The third-order valence-corrected chi connectivity index (χ3v) is 2.48. The van der Waals surface area contributed by atoms with Gasteiger partial charge in [0.2, 0.25) is 0 Å². The van der Waals surface area contributed by atoms with Crippen molar-refractivity contribution in [3.05, 3.63) is 28.8 Å². The van der Waals surface area contributed by atoms with Crippen LogP contribution in [0.3, 0.4) is 0 Å². The molecule has 4 heteroatoms. The summed E-state index contributed by atoms with van der Waals surface area (Å²) in [5.41, 5.74) is 0.909. The lowest BCUT2D eigenvalue weighted by atomic mass is 10.2. The maximum Gasteiger partial charge on any atom is 0.346 e. The second kappa shape index (κ2) is 5.03. The highest BCUT2D eigenvalue weighted by atomic mass is 35.5. The number of rotatable bonds is 3. The second-order valence-electron chi connectivity index (χ2n) is 3.17. The summed E-state index contributed by atoms with van der Waals surface area (Å²) in [4.78, 5) is 11.1. The average molecular weight is 229 g/mol. The van der Waals surface area contributed by atoms with Crippen molar-refractivity contribution in [2.24, 2.45) is 0 Å². The number of carbonyl (C=O) groups is 1. The summed E-state index contributed by atoms with van der Waals surface area (Å²) in [6.45, 7) is 3.49. The monoisotopic (exact) mass is 228 g/mol. The number of methoxy groups -OCH3 is 1. The highest BCUT2D eigenvalue weighted by Gasteiger charge is 2.16. The Morgan fingerprint density at radius 1 is 1.47 bits per heavy atom. The third-order valence-electron chi connectivity index (χ3n) is 1.99.